The van der Waals surface area contributed by atoms with Gasteiger partial charge in [0.2, 0.25) is 0 Å². The summed E-state index contributed by atoms with van der Waals surface area (Å²) in [6.45, 7) is 3.94. The van der Waals surface area contributed by atoms with Crippen LogP contribution in [0.15, 0.2) is 47.1 Å². The molecule has 0 N–H and O–H groups in total. The summed E-state index contributed by atoms with van der Waals surface area (Å²) in [5.41, 5.74) is -1.05. The van der Waals surface area contributed by atoms with Gasteiger partial charge in [0.05, 0.1) is 12.8 Å². The maximum atomic E-state index is 13.2. The second kappa shape index (κ2) is 7.30. The van der Waals surface area contributed by atoms with Gasteiger partial charge < -0.3 is 14.1 Å². The Morgan fingerprint density at radius 1 is 1.24 bits per heavy atom. The molecule has 3 rings (SSSR count). The van der Waals surface area contributed by atoms with Crippen LogP contribution >= 0.6 is 0 Å². The normalized spacial score (nSPS) is 15.3. The van der Waals surface area contributed by atoms with Gasteiger partial charge in [-0.15, -0.1) is 0 Å². The van der Waals surface area contributed by atoms with Crippen molar-refractivity contribution in [2.75, 3.05) is 0 Å². The number of ether oxygens (including phenoxy) is 1. The van der Waals surface area contributed by atoms with Gasteiger partial charge in [-0.3, -0.25) is 4.79 Å². The predicted molar refractivity (Wildman–Crippen MR) is 92.6 cm³/mol. The minimum absolute atomic E-state index is 0.0832. The van der Waals surface area contributed by atoms with Crippen molar-refractivity contribution in [3.63, 3.8) is 0 Å². The Morgan fingerprint density at radius 2 is 1.92 bits per heavy atom. The molecule has 1 amide bonds. The summed E-state index contributed by atoms with van der Waals surface area (Å²) in [5.74, 6) is 0.823. The monoisotopic (exact) mass is 345 g/mol. The van der Waals surface area contributed by atoms with Crippen molar-refractivity contribution in [3.05, 3.63) is 54.2 Å². The molecule has 2 aromatic rings. The van der Waals surface area contributed by atoms with E-state index in [4.69, 9.17) is 9.15 Å². The number of carbonyl (C=O) groups is 1. The van der Waals surface area contributed by atoms with Crippen LogP contribution in [-0.2, 0) is 11.3 Å². The van der Waals surface area contributed by atoms with E-state index in [1.165, 1.54) is 24.3 Å². The van der Waals surface area contributed by atoms with Crippen molar-refractivity contribution in [1.82, 2.24) is 4.90 Å². The number of nitrogens with zero attached hydrogens (tertiary/aromatic N) is 1. The van der Waals surface area contributed by atoms with Crippen LogP contribution in [0.5, 0.6) is 5.75 Å². The van der Waals surface area contributed by atoms with E-state index in [0.717, 1.165) is 31.4 Å². The molecule has 0 radical (unpaired) electrons. The SMILES string of the molecule is CC(C)(Oc1ccc(F)cc1)C(=O)N(Cc1ccco1)C1CCCC1. The summed E-state index contributed by atoms with van der Waals surface area (Å²) >= 11 is 0. The Hall–Kier alpha value is -2.30. The van der Waals surface area contributed by atoms with E-state index < -0.39 is 5.60 Å². The zero-order valence-electron chi connectivity index (χ0n) is 14.7. The maximum absolute atomic E-state index is 13.2. The number of halogens is 1. The molecule has 1 aromatic heterocycles. The van der Waals surface area contributed by atoms with Crippen LogP contribution in [0.4, 0.5) is 4.39 Å². The Morgan fingerprint density at radius 3 is 2.52 bits per heavy atom. The van der Waals surface area contributed by atoms with Crippen LogP contribution in [0.3, 0.4) is 0 Å². The lowest BCUT2D eigenvalue weighted by Crippen LogP contribution is -2.51. The van der Waals surface area contributed by atoms with E-state index >= 15 is 0 Å². The lowest BCUT2D eigenvalue weighted by molar-refractivity contribution is -0.149. The fraction of sp³-hybridized carbons (Fsp3) is 0.450. The second-order valence-corrected chi connectivity index (χ2v) is 7.02. The van der Waals surface area contributed by atoms with E-state index in [0.29, 0.717) is 12.3 Å². The number of benzene rings is 1. The summed E-state index contributed by atoms with van der Waals surface area (Å²) in [7, 11) is 0. The van der Waals surface area contributed by atoms with E-state index in [2.05, 4.69) is 0 Å². The van der Waals surface area contributed by atoms with Crippen molar-refractivity contribution in [2.24, 2.45) is 0 Å². The molecule has 1 aliphatic rings. The van der Waals surface area contributed by atoms with Gasteiger partial charge >= 0.3 is 0 Å². The van der Waals surface area contributed by atoms with Crippen molar-refractivity contribution >= 4 is 5.91 Å². The summed E-state index contributed by atoms with van der Waals surface area (Å²) in [5, 5.41) is 0. The topological polar surface area (TPSA) is 42.7 Å². The number of hydrogen-bond acceptors (Lipinski definition) is 3. The molecule has 0 saturated heterocycles. The molecule has 25 heavy (non-hydrogen) atoms. The summed E-state index contributed by atoms with van der Waals surface area (Å²) < 4.78 is 24.4. The van der Waals surface area contributed by atoms with Crippen molar-refractivity contribution in [1.29, 1.82) is 0 Å². The Kier molecular flexibility index (Phi) is 5.11. The van der Waals surface area contributed by atoms with Crippen LogP contribution in [0.1, 0.15) is 45.3 Å². The number of rotatable bonds is 6. The van der Waals surface area contributed by atoms with Crippen molar-refractivity contribution in [3.8, 4) is 5.75 Å². The van der Waals surface area contributed by atoms with Crippen LogP contribution in [0.25, 0.3) is 0 Å². The highest BCUT2D eigenvalue weighted by Crippen LogP contribution is 2.29. The third kappa shape index (κ3) is 4.21. The number of carbonyl (C=O) groups excluding carboxylic acids is 1. The molecular weight excluding hydrogens is 321 g/mol. The molecule has 1 aromatic carbocycles. The van der Waals surface area contributed by atoms with Crippen LogP contribution in [0, 0.1) is 5.82 Å². The largest absolute Gasteiger partial charge is 0.478 e. The molecule has 0 spiro atoms. The van der Waals surface area contributed by atoms with Crippen LogP contribution in [-0.4, -0.2) is 22.4 Å². The van der Waals surface area contributed by atoms with Gasteiger partial charge in [-0.2, -0.15) is 0 Å². The number of furan rings is 1. The highest BCUT2D eigenvalue weighted by atomic mass is 19.1. The number of amides is 1. The third-order valence-electron chi connectivity index (χ3n) is 4.63. The van der Waals surface area contributed by atoms with E-state index in [1.807, 2.05) is 17.0 Å². The molecule has 1 saturated carbocycles. The Bertz CT molecular complexity index is 688. The molecule has 0 aliphatic heterocycles. The van der Waals surface area contributed by atoms with Crippen LogP contribution in [0.2, 0.25) is 0 Å². The van der Waals surface area contributed by atoms with E-state index in [1.54, 1.807) is 20.1 Å². The quantitative estimate of drug-likeness (QED) is 0.771. The summed E-state index contributed by atoms with van der Waals surface area (Å²) in [6, 6.07) is 9.64. The zero-order chi connectivity index (χ0) is 17.9. The summed E-state index contributed by atoms with van der Waals surface area (Å²) in [4.78, 5) is 15.1. The molecule has 1 heterocycles. The number of hydrogen-bond donors (Lipinski definition) is 0. The molecular formula is C20H24FNO3. The molecule has 1 fully saturated rings. The molecule has 0 atom stereocenters. The fourth-order valence-electron chi connectivity index (χ4n) is 3.34. The lowest BCUT2D eigenvalue weighted by atomic mass is 10.0. The van der Waals surface area contributed by atoms with Gasteiger partial charge in [-0.25, -0.2) is 4.39 Å². The molecule has 4 nitrogen and oxygen atoms in total. The third-order valence-corrected chi connectivity index (χ3v) is 4.63. The van der Waals surface area contributed by atoms with Crippen molar-refractivity contribution < 1.29 is 18.3 Å². The lowest BCUT2D eigenvalue weighted by Gasteiger charge is -2.35. The van der Waals surface area contributed by atoms with Gasteiger partial charge in [0.25, 0.3) is 5.91 Å². The second-order valence-electron chi connectivity index (χ2n) is 7.02. The molecule has 134 valence electrons. The highest BCUT2D eigenvalue weighted by molar-refractivity contribution is 5.85. The van der Waals surface area contributed by atoms with Crippen molar-refractivity contribution in [2.45, 2.75) is 57.7 Å². The van der Waals surface area contributed by atoms with Gasteiger partial charge in [0.15, 0.2) is 5.60 Å². The minimum Gasteiger partial charge on any atom is -0.478 e. The highest BCUT2D eigenvalue weighted by Gasteiger charge is 2.38. The van der Waals surface area contributed by atoms with Crippen LogP contribution < -0.4 is 4.74 Å². The average Bonchev–Trinajstić information content (AvgIpc) is 3.27. The average molecular weight is 345 g/mol. The Balaban J connectivity index is 1.78. The first-order valence-corrected chi connectivity index (χ1v) is 8.74. The van der Waals surface area contributed by atoms with Gasteiger partial charge in [0, 0.05) is 6.04 Å². The first kappa shape index (κ1) is 17.5. The van der Waals surface area contributed by atoms with E-state index in [-0.39, 0.29) is 17.8 Å². The smallest absolute Gasteiger partial charge is 0.266 e. The maximum Gasteiger partial charge on any atom is 0.266 e. The van der Waals surface area contributed by atoms with Gasteiger partial charge in [-0.1, -0.05) is 12.8 Å². The summed E-state index contributed by atoms with van der Waals surface area (Å²) in [6.07, 6.45) is 5.88. The van der Waals surface area contributed by atoms with E-state index in [9.17, 15) is 9.18 Å². The molecule has 5 heteroatoms. The first-order chi connectivity index (χ1) is 12.0. The van der Waals surface area contributed by atoms with Gasteiger partial charge in [-0.05, 0) is 63.1 Å². The Labute approximate surface area is 147 Å². The molecule has 0 bridgehead atoms. The molecule has 0 unspecified atom stereocenters. The van der Waals surface area contributed by atoms with Gasteiger partial charge in [0.1, 0.15) is 17.3 Å². The predicted octanol–water partition coefficient (Wildman–Crippen LogP) is 4.55. The fourth-order valence-corrected chi connectivity index (χ4v) is 3.34. The standard InChI is InChI=1S/C20H24FNO3/c1-20(2,25-17-11-9-15(21)10-12-17)19(23)22(16-6-3-4-7-16)14-18-8-5-13-24-18/h5,8-13,16H,3-4,6-7,14H2,1-2H3. The molecule has 1 aliphatic carbocycles. The first-order valence-electron chi connectivity index (χ1n) is 8.74. The minimum atomic E-state index is -1.05. The zero-order valence-corrected chi connectivity index (χ0v) is 14.7.